The van der Waals surface area contributed by atoms with Crippen molar-refractivity contribution >= 4 is 17.5 Å². The maximum Gasteiger partial charge on any atom is 0.262 e. The van der Waals surface area contributed by atoms with E-state index in [4.69, 9.17) is 4.74 Å². The zero-order valence-electron chi connectivity index (χ0n) is 12.7. The van der Waals surface area contributed by atoms with Gasteiger partial charge in [-0.3, -0.25) is 9.59 Å². The Balaban J connectivity index is 1.76. The van der Waals surface area contributed by atoms with Crippen LogP contribution in [0.15, 0.2) is 36.4 Å². The van der Waals surface area contributed by atoms with Crippen LogP contribution in [-0.2, 0) is 4.79 Å². The molecule has 2 N–H and O–H groups in total. The first-order valence-electron chi connectivity index (χ1n) is 7.26. The normalized spacial score (nSPS) is 14.2. The first kappa shape index (κ1) is 15.9. The van der Waals surface area contributed by atoms with Crippen molar-refractivity contribution in [3.05, 3.63) is 59.2 Å². The summed E-state index contributed by atoms with van der Waals surface area (Å²) in [7, 11) is 0. The highest BCUT2D eigenvalue weighted by Gasteiger charge is 2.19. The molecule has 3 rings (SSSR count). The van der Waals surface area contributed by atoms with Crippen LogP contribution in [0.5, 0.6) is 5.75 Å². The van der Waals surface area contributed by atoms with Gasteiger partial charge in [0.25, 0.3) is 11.8 Å². The first-order valence-corrected chi connectivity index (χ1v) is 7.26. The predicted molar refractivity (Wildman–Crippen MR) is 82.8 cm³/mol. The molecule has 2 aromatic rings. The second-order valence-corrected chi connectivity index (χ2v) is 5.42. The van der Waals surface area contributed by atoms with Gasteiger partial charge in [-0.2, -0.15) is 0 Å². The summed E-state index contributed by atoms with van der Waals surface area (Å²) in [6.07, 6.45) is 0. The van der Waals surface area contributed by atoms with Gasteiger partial charge in [-0.25, -0.2) is 8.78 Å². The van der Waals surface area contributed by atoms with E-state index in [0.29, 0.717) is 22.6 Å². The molecular formula is C17H14F2N2O3. The van der Waals surface area contributed by atoms with E-state index in [2.05, 4.69) is 10.6 Å². The number of anilines is 1. The van der Waals surface area contributed by atoms with Gasteiger partial charge in [0.15, 0.2) is 18.2 Å². The van der Waals surface area contributed by atoms with Gasteiger partial charge in [0, 0.05) is 5.56 Å². The van der Waals surface area contributed by atoms with Crippen molar-refractivity contribution in [3.63, 3.8) is 0 Å². The second-order valence-electron chi connectivity index (χ2n) is 5.42. The lowest BCUT2D eigenvalue weighted by atomic mass is 10.1. The molecule has 2 amide bonds. The molecule has 0 radical (unpaired) electrons. The summed E-state index contributed by atoms with van der Waals surface area (Å²) in [5, 5.41) is 5.31. The Hall–Kier alpha value is -2.96. The van der Waals surface area contributed by atoms with E-state index in [9.17, 15) is 18.4 Å². The Morgan fingerprint density at radius 2 is 2.00 bits per heavy atom. The first-order chi connectivity index (χ1) is 11.4. The van der Waals surface area contributed by atoms with Crippen molar-refractivity contribution in [2.45, 2.75) is 13.0 Å². The van der Waals surface area contributed by atoms with Gasteiger partial charge in [-0.1, -0.05) is 6.07 Å². The van der Waals surface area contributed by atoms with Crippen LogP contribution >= 0.6 is 0 Å². The molecule has 124 valence electrons. The highest BCUT2D eigenvalue weighted by molar-refractivity contribution is 5.99. The summed E-state index contributed by atoms with van der Waals surface area (Å²) in [6.45, 7) is 1.60. The van der Waals surface area contributed by atoms with Crippen LogP contribution < -0.4 is 15.4 Å². The molecule has 0 spiro atoms. The molecule has 2 aromatic carbocycles. The van der Waals surface area contributed by atoms with E-state index in [0.717, 1.165) is 12.1 Å². The molecule has 1 aliphatic heterocycles. The van der Waals surface area contributed by atoms with E-state index < -0.39 is 23.6 Å². The van der Waals surface area contributed by atoms with Gasteiger partial charge in [0.05, 0.1) is 11.7 Å². The van der Waals surface area contributed by atoms with Crippen LogP contribution in [0.3, 0.4) is 0 Å². The molecule has 1 atom stereocenters. The monoisotopic (exact) mass is 332 g/mol. The van der Waals surface area contributed by atoms with Gasteiger partial charge in [-0.15, -0.1) is 0 Å². The maximum absolute atomic E-state index is 13.3. The van der Waals surface area contributed by atoms with Crippen molar-refractivity contribution in [2.24, 2.45) is 0 Å². The van der Waals surface area contributed by atoms with E-state index >= 15 is 0 Å². The molecule has 0 bridgehead atoms. The zero-order valence-corrected chi connectivity index (χ0v) is 12.7. The van der Waals surface area contributed by atoms with Crippen molar-refractivity contribution < 1.29 is 23.1 Å². The average Bonchev–Trinajstić information content (AvgIpc) is 2.56. The minimum absolute atomic E-state index is 0.0638. The fourth-order valence-corrected chi connectivity index (χ4v) is 2.37. The van der Waals surface area contributed by atoms with Crippen LogP contribution in [-0.4, -0.2) is 18.4 Å². The van der Waals surface area contributed by atoms with Crippen LogP contribution in [0.2, 0.25) is 0 Å². The van der Waals surface area contributed by atoms with Crippen molar-refractivity contribution in [1.82, 2.24) is 5.32 Å². The Bertz CT molecular complexity index is 823. The Labute approximate surface area is 136 Å². The number of fused-ring (bicyclic) bond motifs is 1. The highest BCUT2D eigenvalue weighted by atomic mass is 19.2. The van der Waals surface area contributed by atoms with Gasteiger partial charge < -0.3 is 15.4 Å². The number of rotatable bonds is 3. The quantitative estimate of drug-likeness (QED) is 0.908. The number of halogens is 2. The lowest BCUT2D eigenvalue weighted by molar-refractivity contribution is -0.118. The Kier molecular flexibility index (Phi) is 4.16. The van der Waals surface area contributed by atoms with E-state index in [1.165, 1.54) is 12.1 Å². The van der Waals surface area contributed by atoms with Crippen molar-refractivity contribution in [1.29, 1.82) is 0 Å². The van der Waals surface area contributed by atoms with Crippen molar-refractivity contribution in [3.8, 4) is 5.75 Å². The Morgan fingerprint density at radius 1 is 1.21 bits per heavy atom. The van der Waals surface area contributed by atoms with E-state index in [-0.39, 0.29) is 12.5 Å². The third-order valence-corrected chi connectivity index (χ3v) is 3.67. The van der Waals surface area contributed by atoms with Gasteiger partial charge in [0.1, 0.15) is 5.75 Å². The minimum atomic E-state index is -0.970. The van der Waals surface area contributed by atoms with Gasteiger partial charge >= 0.3 is 0 Å². The maximum atomic E-state index is 13.3. The van der Waals surface area contributed by atoms with Crippen LogP contribution in [0.25, 0.3) is 0 Å². The number of carbonyl (C=O) groups excluding carboxylic acids is 2. The highest BCUT2D eigenvalue weighted by Crippen LogP contribution is 2.28. The number of benzene rings is 2. The third-order valence-electron chi connectivity index (χ3n) is 3.67. The SMILES string of the molecule is C[C@@H](NC(=O)c1ccc2c(c1)NC(=O)CO2)c1ccc(F)c(F)c1. The number of carbonyl (C=O) groups is 2. The van der Waals surface area contributed by atoms with Crippen LogP contribution in [0, 0.1) is 11.6 Å². The largest absolute Gasteiger partial charge is 0.482 e. The third kappa shape index (κ3) is 3.19. The number of amides is 2. The van der Waals surface area contributed by atoms with Gasteiger partial charge in [-0.05, 0) is 42.8 Å². The smallest absolute Gasteiger partial charge is 0.262 e. The lowest BCUT2D eigenvalue weighted by Gasteiger charge is -2.19. The molecule has 0 saturated carbocycles. The predicted octanol–water partition coefficient (Wildman–Crippen LogP) is 2.79. The standard InChI is InChI=1S/C17H14F2N2O3/c1-9(10-2-4-12(18)13(19)6-10)20-17(23)11-3-5-15-14(7-11)21-16(22)8-24-15/h2-7,9H,8H2,1H3,(H,20,23)(H,21,22)/t9-/m1/s1. The molecule has 1 aliphatic rings. The lowest BCUT2D eigenvalue weighted by Crippen LogP contribution is -2.28. The molecular weight excluding hydrogens is 318 g/mol. The zero-order chi connectivity index (χ0) is 17.3. The number of hydrogen-bond acceptors (Lipinski definition) is 3. The second kappa shape index (κ2) is 6.27. The molecule has 5 nitrogen and oxygen atoms in total. The summed E-state index contributed by atoms with van der Waals surface area (Å²) in [5.74, 6) is -2.13. The van der Waals surface area contributed by atoms with Gasteiger partial charge in [0.2, 0.25) is 0 Å². The summed E-state index contributed by atoms with van der Waals surface area (Å²) in [5.41, 5.74) is 1.17. The molecule has 24 heavy (non-hydrogen) atoms. The van der Waals surface area contributed by atoms with Crippen molar-refractivity contribution in [2.75, 3.05) is 11.9 Å². The molecule has 0 aliphatic carbocycles. The minimum Gasteiger partial charge on any atom is -0.482 e. The summed E-state index contributed by atoms with van der Waals surface area (Å²) in [4.78, 5) is 23.6. The molecule has 0 fully saturated rings. The average molecular weight is 332 g/mol. The summed E-state index contributed by atoms with van der Waals surface area (Å²) < 4.78 is 31.5. The molecule has 0 unspecified atom stereocenters. The number of ether oxygens (including phenoxy) is 1. The molecule has 7 heteroatoms. The summed E-state index contributed by atoms with van der Waals surface area (Å²) in [6, 6.07) is 7.59. The summed E-state index contributed by atoms with van der Waals surface area (Å²) >= 11 is 0. The topological polar surface area (TPSA) is 67.4 Å². The molecule has 1 heterocycles. The molecule has 0 saturated heterocycles. The fourth-order valence-electron chi connectivity index (χ4n) is 2.37. The van der Waals surface area contributed by atoms with Crippen LogP contribution in [0.1, 0.15) is 28.9 Å². The number of hydrogen-bond donors (Lipinski definition) is 2. The fraction of sp³-hybridized carbons (Fsp3) is 0.176. The van der Waals surface area contributed by atoms with Crippen LogP contribution in [0.4, 0.5) is 14.5 Å². The number of nitrogens with one attached hydrogen (secondary N) is 2. The molecule has 0 aromatic heterocycles. The Morgan fingerprint density at radius 3 is 2.75 bits per heavy atom. The van der Waals surface area contributed by atoms with E-state index in [1.807, 2.05) is 0 Å². The van der Waals surface area contributed by atoms with E-state index in [1.54, 1.807) is 19.1 Å².